The molecule has 2 aliphatic rings. The van der Waals surface area contributed by atoms with Crippen molar-refractivity contribution >= 4 is 17.2 Å². The molecule has 6 heteroatoms. The molecule has 0 spiro atoms. The Labute approximate surface area is 145 Å². The highest BCUT2D eigenvalue weighted by molar-refractivity contribution is 7.10. The van der Waals surface area contributed by atoms with Gasteiger partial charge in [-0.05, 0) is 50.0 Å². The molecule has 1 saturated carbocycles. The molecule has 4 rings (SSSR count). The second kappa shape index (κ2) is 6.33. The van der Waals surface area contributed by atoms with E-state index in [1.165, 1.54) is 23.3 Å². The van der Waals surface area contributed by atoms with Crippen LogP contribution in [-0.2, 0) is 19.9 Å². The summed E-state index contributed by atoms with van der Waals surface area (Å²) in [5.74, 6) is 0.298. The van der Waals surface area contributed by atoms with Crippen molar-refractivity contribution in [2.75, 3.05) is 0 Å². The van der Waals surface area contributed by atoms with Gasteiger partial charge in [0, 0.05) is 29.1 Å². The average molecular weight is 345 g/mol. The van der Waals surface area contributed by atoms with E-state index in [4.69, 9.17) is 0 Å². The Bertz CT molecular complexity index is 745. The maximum atomic E-state index is 12.9. The minimum atomic E-state index is -0.236. The van der Waals surface area contributed by atoms with Crippen LogP contribution in [-0.4, -0.2) is 26.9 Å². The fraction of sp³-hybridized carbons (Fsp3) is 0.556. The first-order chi connectivity index (χ1) is 11.6. The molecule has 128 valence electrons. The topological polar surface area (TPSA) is 67.2 Å². The van der Waals surface area contributed by atoms with Crippen molar-refractivity contribution in [3.05, 3.63) is 39.3 Å². The number of nitrogens with one attached hydrogen (secondary N) is 1. The van der Waals surface area contributed by atoms with Crippen LogP contribution in [0.5, 0.6) is 0 Å². The zero-order valence-electron chi connectivity index (χ0n) is 13.9. The van der Waals surface area contributed by atoms with E-state index in [0.717, 1.165) is 36.8 Å². The summed E-state index contributed by atoms with van der Waals surface area (Å²) >= 11 is 1.72. The molecule has 0 saturated heterocycles. The average Bonchev–Trinajstić information content (AvgIpc) is 3.16. The molecule has 0 radical (unpaired) electrons. The maximum absolute atomic E-state index is 12.9. The molecule has 1 atom stereocenters. The minimum Gasteiger partial charge on any atom is -0.393 e. The van der Waals surface area contributed by atoms with Crippen molar-refractivity contribution in [2.45, 2.75) is 50.7 Å². The lowest BCUT2D eigenvalue weighted by Gasteiger charge is -2.37. The van der Waals surface area contributed by atoms with E-state index in [9.17, 15) is 9.90 Å². The van der Waals surface area contributed by atoms with Crippen LogP contribution in [0.25, 0.3) is 0 Å². The lowest BCUT2D eigenvalue weighted by atomic mass is 9.75. The Morgan fingerprint density at radius 2 is 2.21 bits per heavy atom. The number of aliphatic hydroxyl groups excluding tert-OH is 1. The number of thiophene rings is 1. The number of carbonyl (C=O) groups excluding carboxylic acids is 1. The Morgan fingerprint density at radius 3 is 2.92 bits per heavy atom. The van der Waals surface area contributed by atoms with Crippen LogP contribution in [0, 0.1) is 5.92 Å². The Balaban J connectivity index is 1.56. The summed E-state index contributed by atoms with van der Waals surface area (Å²) in [4.78, 5) is 14.3. The van der Waals surface area contributed by atoms with Crippen LogP contribution in [0.2, 0.25) is 0 Å². The van der Waals surface area contributed by atoms with Gasteiger partial charge >= 0.3 is 0 Å². The van der Waals surface area contributed by atoms with Gasteiger partial charge in [0.1, 0.15) is 0 Å². The molecule has 2 aliphatic carbocycles. The van der Waals surface area contributed by atoms with Gasteiger partial charge in [0.15, 0.2) is 0 Å². The van der Waals surface area contributed by atoms with Gasteiger partial charge in [0.2, 0.25) is 0 Å². The fourth-order valence-electron chi connectivity index (χ4n) is 3.88. The van der Waals surface area contributed by atoms with E-state index < -0.39 is 0 Å². The van der Waals surface area contributed by atoms with Crippen molar-refractivity contribution in [3.8, 4) is 0 Å². The van der Waals surface area contributed by atoms with Crippen LogP contribution in [0.3, 0.4) is 0 Å². The van der Waals surface area contributed by atoms with Gasteiger partial charge < -0.3 is 10.4 Å². The van der Waals surface area contributed by atoms with Gasteiger partial charge in [-0.3, -0.25) is 9.48 Å². The van der Waals surface area contributed by atoms with Crippen molar-refractivity contribution < 1.29 is 9.90 Å². The van der Waals surface area contributed by atoms with Crippen LogP contribution in [0.15, 0.2) is 17.8 Å². The fourth-order valence-corrected chi connectivity index (χ4v) is 5.01. The van der Waals surface area contributed by atoms with E-state index in [-0.39, 0.29) is 24.0 Å². The van der Waals surface area contributed by atoms with Crippen LogP contribution < -0.4 is 5.32 Å². The van der Waals surface area contributed by atoms with E-state index in [1.54, 1.807) is 16.0 Å². The zero-order chi connectivity index (χ0) is 16.7. The summed E-state index contributed by atoms with van der Waals surface area (Å²) in [6.07, 6.45) is 9.54. The number of amides is 1. The van der Waals surface area contributed by atoms with E-state index in [0.29, 0.717) is 0 Å². The number of hydrogen-bond acceptors (Lipinski definition) is 4. The Hall–Kier alpha value is -1.66. The normalized spacial score (nSPS) is 24.1. The number of fused-ring (bicyclic) bond motifs is 1. The quantitative estimate of drug-likeness (QED) is 0.895. The summed E-state index contributed by atoms with van der Waals surface area (Å²) < 4.78 is 1.76. The molecule has 1 fully saturated rings. The smallest absolute Gasteiger partial charge is 0.252 e. The predicted octanol–water partition coefficient (Wildman–Crippen LogP) is 2.60. The molecule has 0 unspecified atom stereocenters. The molecule has 2 aromatic heterocycles. The second-order valence-electron chi connectivity index (χ2n) is 7.04. The molecule has 0 bridgehead atoms. The molecule has 0 aromatic carbocycles. The molecule has 0 aliphatic heterocycles. The second-order valence-corrected chi connectivity index (χ2v) is 8.01. The highest BCUT2D eigenvalue weighted by Gasteiger charge is 2.36. The zero-order valence-corrected chi connectivity index (χ0v) is 14.7. The number of aryl methyl sites for hydroxylation is 2. The first-order valence-corrected chi connectivity index (χ1v) is 9.56. The number of carbonyl (C=O) groups is 1. The number of aromatic nitrogens is 2. The van der Waals surface area contributed by atoms with Crippen molar-refractivity contribution in [1.29, 1.82) is 0 Å². The van der Waals surface area contributed by atoms with Crippen molar-refractivity contribution in [2.24, 2.45) is 13.0 Å². The highest BCUT2D eigenvalue weighted by Crippen LogP contribution is 2.38. The third-order valence-corrected chi connectivity index (χ3v) is 6.39. The van der Waals surface area contributed by atoms with Crippen molar-refractivity contribution in [3.63, 3.8) is 0 Å². The summed E-state index contributed by atoms with van der Waals surface area (Å²) in [6, 6.07) is -0.0752. The van der Waals surface area contributed by atoms with Crippen LogP contribution >= 0.6 is 11.3 Å². The van der Waals surface area contributed by atoms with Gasteiger partial charge in [0.05, 0.1) is 23.9 Å². The Kier molecular flexibility index (Phi) is 4.18. The van der Waals surface area contributed by atoms with E-state index in [1.807, 2.05) is 24.8 Å². The van der Waals surface area contributed by atoms with Crippen molar-refractivity contribution in [1.82, 2.24) is 15.1 Å². The summed E-state index contributed by atoms with van der Waals surface area (Å²) in [7, 11) is 1.88. The molecule has 24 heavy (non-hydrogen) atoms. The first-order valence-electron chi connectivity index (χ1n) is 8.68. The minimum absolute atomic E-state index is 0.0182. The molecular weight excluding hydrogens is 322 g/mol. The van der Waals surface area contributed by atoms with Gasteiger partial charge in [-0.15, -0.1) is 11.3 Å². The standard InChI is InChI=1S/C18H23N3O2S/c1-21-9-12(8-19-21)17(11-6-13(22)7-11)20-18(23)15-10-24-16-5-3-2-4-14(15)16/h8-11,13,17,22H,2-7H2,1H3,(H,20,23)/t11?,13?,17-/m1/s1. The predicted molar refractivity (Wildman–Crippen MR) is 93.1 cm³/mol. The third-order valence-electron chi connectivity index (χ3n) is 5.30. The monoisotopic (exact) mass is 345 g/mol. The lowest BCUT2D eigenvalue weighted by Crippen LogP contribution is -2.41. The maximum Gasteiger partial charge on any atom is 0.252 e. The number of aliphatic hydroxyl groups is 1. The third kappa shape index (κ3) is 2.89. The molecule has 2 heterocycles. The molecule has 5 nitrogen and oxygen atoms in total. The van der Waals surface area contributed by atoms with Gasteiger partial charge in [-0.2, -0.15) is 5.10 Å². The van der Waals surface area contributed by atoms with Crippen LogP contribution in [0.4, 0.5) is 0 Å². The van der Waals surface area contributed by atoms with Gasteiger partial charge in [-0.25, -0.2) is 0 Å². The summed E-state index contributed by atoms with van der Waals surface area (Å²) in [6.45, 7) is 0. The lowest BCUT2D eigenvalue weighted by molar-refractivity contribution is 0.0235. The Morgan fingerprint density at radius 1 is 1.42 bits per heavy atom. The first kappa shape index (κ1) is 15.8. The largest absolute Gasteiger partial charge is 0.393 e. The van der Waals surface area contributed by atoms with Crippen LogP contribution in [0.1, 0.15) is 58.1 Å². The number of rotatable bonds is 4. The SMILES string of the molecule is Cn1cc([C@H](NC(=O)c2csc3c2CCCC3)C2CC(O)C2)cn1. The van der Waals surface area contributed by atoms with E-state index >= 15 is 0 Å². The summed E-state index contributed by atoms with van der Waals surface area (Å²) in [5.41, 5.74) is 3.12. The highest BCUT2D eigenvalue weighted by atomic mass is 32.1. The molecule has 2 aromatic rings. The molecular formula is C18H23N3O2S. The number of hydrogen-bond donors (Lipinski definition) is 2. The van der Waals surface area contributed by atoms with E-state index in [2.05, 4.69) is 10.4 Å². The molecule has 1 amide bonds. The van der Waals surface area contributed by atoms with Gasteiger partial charge in [-0.1, -0.05) is 0 Å². The molecule has 2 N–H and O–H groups in total. The number of nitrogens with zero attached hydrogens (tertiary/aromatic N) is 2. The van der Waals surface area contributed by atoms with Gasteiger partial charge in [0.25, 0.3) is 5.91 Å². The summed E-state index contributed by atoms with van der Waals surface area (Å²) in [5, 5.41) is 19.1.